The summed E-state index contributed by atoms with van der Waals surface area (Å²) in [6, 6.07) is 0. The third-order valence-corrected chi connectivity index (χ3v) is 2.32. The van der Waals surface area contributed by atoms with Crippen LogP contribution in [0, 0.1) is 0 Å². The Bertz CT molecular complexity index is 169. The molecule has 0 heterocycles. The zero-order chi connectivity index (χ0) is 11.5. The lowest BCUT2D eigenvalue weighted by atomic mass is 10.3. The van der Waals surface area contributed by atoms with E-state index < -0.39 is 0 Å². The fourth-order valence-corrected chi connectivity index (χ4v) is 1.58. The molecular weight excluding hydrogens is 230 g/mol. The van der Waals surface area contributed by atoms with Gasteiger partial charge in [-0.25, -0.2) is 0 Å². The highest BCUT2D eigenvalue weighted by molar-refractivity contribution is 7.80. The van der Waals surface area contributed by atoms with Crippen LogP contribution in [0.4, 0.5) is 0 Å². The van der Waals surface area contributed by atoms with E-state index >= 15 is 0 Å². The molecule has 0 aliphatic carbocycles. The summed E-state index contributed by atoms with van der Waals surface area (Å²) in [6.07, 6.45) is 0.910. The van der Waals surface area contributed by atoms with Crippen LogP contribution >= 0.6 is 25.3 Å². The normalized spacial score (nSPS) is 10.7. The van der Waals surface area contributed by atoms with Gasteiger partial charge < -0.3 is 11.1 Å². The van der Waals surface area contributed by atoms with Gasteiger partial charge in [0, 0.05) is 24.6 Å². The summed E-state index contributed by atoms with van der Waals surface area (Å²) in [5.74, 6) is 1.47. The number of nitrogens with two attached hydrogens (primary N) is 1. The van der Waals surface area contributed by atoms with Crippen molar-refractivity contribution in [3.05, 3.63) is 0 Å². The lowest BCUT2D eigenvalue weighted by Crippen LogP contribution is -2.39. The predicted octanol–water partition coefficient (Wildman–Crippen LogP) is -0.387. The summed E-state index contributed by atoms with van der Waals surface area (Å²) >= 11 is 8.18. The Kier molecular flexibility index (Phi) is 10.7. The predicted molar refractivity (Wildman–Crippen MR) is 70.8 cm³/mol. The van der Waals surface area contributed by atoms with E-state index in [0.29, 0.717) is 25.4 Å². The number of hydrogen-bond donors (Lipinski definition) is 4. The van der Waals surface area contributed by atoms with Crippen LogP contribution in [0.2, 0.25) is 0 Å². The number of carbonyl (C=O) groups is 1. The van der Waals surface area contributed by atoms with Gasteiger partial charge in [-0.05, 0) is 19.5 Å². The van der Waals surface area contributed by atoms with Crippen molar-refractivity contribution >= 4 is 31.2 Å². The van der Waals surface area contributed by atoms with Gasteiger partial charge in [0.15, 0.2) is 0 Å². The second-order valence-electron chi connectivity index (χ2n) is 3.22. The summed E-state index contributed by atoms with van der Waals surface area (Å²) in [5, 5.41) is 2.78. The second-order valence-corrected chi connectivity index (χ2v) is 4.11. The van der Waals surface area contributed by atoms with Crippen LogP contribution in [0.1, 0.15) is 6.42 Å². The van der Waals surface area contributed by atoms with Crippen molar-refractivity contribution in [2.45, 2.75) is 6.42 Å². The average Bonchev–Trinajstić information content (AvgIpc) is 2.23. The Labute approximate surface area is 103 Å². The van der Waals surface area contributed by atoms with E-state index in [2.05, 4.69) is 35.5 Å². The number of nitrogens with zero attached hydrogens (tertiary/aromatic N) is 1. The molecule has 0 atom stereocenters. The van der Waals surface area contributed by atoms with E-state index in [1.54, 1.807) is 0 Å². The number of amides is 1. The quantitative estimate of drug-likeness (QED) is 0.422. The third-order valence-electron chi connectivity index (χ3n) is 1.90. The number of rotatable bonds is 9. The molecule has 0 aromatic heterocycles. The minimum atomic E-state index is 0.0443. The lowest BCUT2D eigenvalue weighted by molar-refractivity contribution is -0.122. The van der Waals surface area contributed by atoms with Crippen molar-refractivity contribution in [2.24, 2.45) is 5.73 Å². The van der Waals surface area contributed by atoms with Gasteiger partial charge in [0.05, 0.1) is 6.54 Å². The van der Waals surface area contributed by atoms with Crippen LogP contribution in [0.25, 0.3) is 0 Å². The Balaban J connectivity index is 3.76. The van der Waals surface area contributed by atoms with Crippen LogP contribution in [0.3, 0.4) is 0 Å². The Morgan fingerprint density at radius 3 is 2.53 bits per heavy atom. The summed E-state index contributed by atoms with van der Waals surface area (Å²) < 4.78 is 0. The molecule has 0 aliphatic heterocycles. The van der Waals surface area contributed by atoms with Gasteiger partial charge in [0.1, 0.15) is 0 Å². The first-order valence-corrected chi connectivity index (χ1v) is 6.42. The average molecular weight is 251 g/mol. The standard InChI is InChI=1S/C9H21N3OS2/c10-2-1-4-12(5-7-15)8-9(13)11-3-6-14/h14-15H,1-8,10H2,(H,11,13). The monoisotopic (exact) mass is 251 g/mol. The zero-order valence-corrected chi connectivity index (χ0v) is 10.8. The van der Waals surface area contributed by atoms with Crippen molar-refractivity contribution in [3.8, 4) is 0 Å². The van der Waals surface area contributed by atoms with Gasteiger partial charge in [-0.15, -0.1) is 0 Å². The first-order valence-electron chi connectivity index (χ1n) is 5.15. The minimum Gasteiger partial charge on any atom is -0.354 e. The van der Waals surface area contributed by atoms with Gasteiger partial charge in [-0.2, -0.15) is 25.3 Å². The van der Waals surface area contributed by atoms with Crippen LogP contribution in [0.5, 0.6) is 0 Å². The molecule has 0 radical (unpaired) electrons. The van der Waals surface area contributed by atoms with E-state index in [0.717, 1.165) is 25.3 Å². The maximum Gasteiger partial charge on any atom is 0.234 e. The minimum absolute atomic E-state index is 0.0443. The van der Waals surface area contributed by atoms with Crippen LogP contribution in [0.15, 0.2) is 0 Å². The van der Waals surface area contributed by atoms with E-state index in [1.807, 2.05) is 0 Å². The fraction of sp³-hybridized carbons (Fsp3) is 0.889. The van der Waals surface area contributed by atoms with E-state index in [4.69, 9.17) is 5.73 Å². The molecule has 1 amide bonds. The molecule has 90 valence electrons. The van der Waals surface area contributed by atoms with Crippen LogP contribution in [-0.2, 0) is 4.79 Å². The van der Waals surface area contributed by atoms with Crippen molar-refractivity contribution in [2.75, 3.05) is 44.2 Å². The molecule has 6 heteroatoms. The van der Waals surface area contributed by atoms with Gasteiger partial charge in [-0.1, -0.05) is 0 Å². The summed E-state index contributed by atoms with van der Waals surface area (Å²) in [6.45, 7) is 3.37. The van der Waals surface area contributed by atoms with E-state index in [9.17, 15) is 4.79 Å². The smallest absolute Gasteiger partial charge is 0.234 e. The molecule has 0 rings (SSSR count). The molecule has 0 aliphatic rings. The maximum atomic E-state index is 11.4. The van der Waals surface area contributed by atoms with Crippen LogP contribution < -0.4 is 11.1 Å². The molecule has 15 heavy (non-hydrogen) atoms. The Morgan fingerprint density at radius 2 is 2.00 bits per heavy atom. The molecule has 0 unspecified atom stereocenters. The molecular formula is C9H21N3OS2. The second kappa shape index (κ2) is 10.6. The Morgan fingerprint density at radius 1 is 1.27 bits per heavy atom. The molecule has 0 aromatic carbocycles. The SMILES string of the molecule is NCCCN(CCS)CC(=O)NCCS. The van der Waals surface area contributed by atoms with Crippen molar-refractivity contribution in [3.63, 3.8) is 0 Å². The van der Waals surface area contributed by atoms with Crippen molar-refractivity contribution < 1.29 is 4.79 Å². The topological polar surface area (TPSA) is 58.4 Å². The maximum absolute atomic E-state index is 11.4. The molecule has 0 bridgehead atoms. The number of carbonyl (C=O) groups excluding carboxylic acids is 1. The number of nitrogens with one attached hydrogen (secondary N) is 1. The third kappa shape index (κ3) is 9.04. The highest BCUT2D eigenvalue weighted by atomic mass is 32.1. The highest BCUT2D eigenvalue weighted by Crippen LogP contribution is 1.92. The first kappa shape index (κ1) is 15.1. The molecule has 0 spiro atoms. The summed E-state index contributed by atoms with van der Waals surface area (Å²) in [4.78, 5) is 13.5. The fourth-order valence-electron chi connectivity index (χ4n) is 1.18. The zero-order valence-electron chi connectivity index (χ0n) is 8.98. The van der Waals surface area contributed by atoms with Crippen LogP contribution in [-0.4, -0.2) is 55.0 Å². The van der Waals surface area contributed by atoms with Gasteiger partial charge in [0.2, 0.25) is 5.91 Å². The van der Waals surface area contributed by atoms with Crippen molar-refractivity contribution in [1.82, 2.24) is 10.2 Å². The van der Waals surface area contributed by atoms with E-state index in [1.165, 1.54) is 0 Å². The molecule has 0 saturated carbocycles. The van der Waals surface area contributed by atoms with Gasteiger partial charge in [0.25, 0.3) is 0 Å². The first-order chi connectivity index (χ1) is 7.24. The largest absolute Gasteiger partial charge is 0.354 e. The van der Waals surface area contributed by atoms with Crippen molar-refractivity contribution in [1.29, 1.82) is 0 Å². The van der Waals surface area contributed by atoms with Gasteiger partial charge in [-0.3, -0.25) is 9.69 Å². The molecule has 0 fully saturated rings. The number of thiol groups is 2. The molecule has 0 aromatic rings. The highest BCUT2D eigenvalue weighted by Gasteiger charge is 2.08. The lowest BCUT2D eigenvalue weighted by Gasteiger charge is -2.20. The number of hydrogen-bond acceptors (Lipinski definition) is 5. The molecule has 3 N–H and O–H groups in total. The summed E-state index contributed by atoms with van der Waals surface area (Å²) in [7, 11) is 0. The molecule has 0 saturated heterocycles. The summed E-state index contributed by atoms with van der Waals surface area (Å²) in [5.41, 5.74) is 5.43. The Hall–Kier alpha value is 0.0900. The van der Waals surface area contributed by atoms with E-state index in [-0.39, 0.29) is 5.91 Å². The molecule has 4 nitrogen and oxygen atoms in total. The van der Waals surface area contributed by atoms with Gasteiger partial charge >= 0.3 is 0 Å².